The first-order valence-electron chi connectivity index (χ1n) is 7.69. The van der Waals surface area contributed by atoms with Gasteiger partial charge in [0.2, 0.25) is 0 Å². The Morgan fingerprint density at radius 1 is 1.38 bits per heavy atom. The molecule has 0 bridgehead atoms. The normalized spacial score (nSPS) is 25.8. The highest BCUT2D eigenvalue weighted by Gasteiger charge is 2.21. The van der Waals surface area contributed by atoms with Gasteiger partial charge in [-0.2, -0.15) is 11.8 Å². The molecule has 5 heteroatoms. The Morgan fingerprint density at radius 2 is 2.29 bits per heavy atom. The monoisotopic (exact) mass is 305 g/mol. The average Bonchev–Trinajstić information content (AvgIpc) is 2.54. The Balaban J connectivity index is 1.58. The third kappa shape index (κ3) is 3.84. The van der Waals surface area contributed by atoms with Gasteiger partial charge in [-0.3, -0.25) is 4.99 Å². The second-order valence-corrected chi connectivity index (χ2v) is 6.83. The fourth-order valence-corrected chi connectivity index (χ4v) is 4.04. The summed E-state index contributed by atoms with van der Waals surface area (Å²) in [5, 5.41) is 3.36. The van der Waals surface area contributed by atoms with Gasteiger partial charge in [-0.15, -0.1) is 0 Å². The van der Waals surface area contributed by atoms with Gasteiger partial charge < -0.3 is 15.8 Å². The Morgan fingerprint density at radius 3 is 3.14 bits per heavy atom. The van der Waals surface area contributed by atoms with Crippen LogP contribution in [0.25, 0.3) is 0 Å². The van der Waals surface area contributed by atoms with E-state index in [4.69, 9.17) is 10.5 Å². The molecule has 4 nitrogen and oxygen atoms in total. The first-order valence-corrected chi connectivity index (χ1v) is 8.84. The van der Waals surface area contributed by atoms with Crippen molar-refractivity contribution in [2.24, 2.45) is 16.6 Å². The molecule has 0 saturated carbocycles. The standard InChI is InChI=1S/C16H23N3OS/c17-16(18-10-12-4-3-9-21-11-12)19-14-7-8-20-15-6-2-1-5-13(14)15/h1-2,5-6,12,14H,3-4,7-11H2,(H3,17,18,19). The number of para-hydroxylation sites is 1. The minimum atomic E-state index is 0.208. The van der Waals surface area contributed by atoms with Crippen LogP contribution in [0.4, 0.5) is 0 Å². The fraction of sp³-hybridized carbons (Fsp3) is 0.562. The highest BCUT2D eigenvalue weighted by molar-refractivity contribution is 7.99. The van der Waals surface area contributed by atoms with Crippen LogP contribution in [0, 0.1) is 5.92 Å². The summed E-state index contributed by atoms with van der Waals surface area (Å²) in [6, 6.07) is 8.35. The molecule has 21 heavy (non-hydrogen) atoms. The number of hydrogen-bond acceptors (Lipinski definition) is 3. The van der Waals surface area contributed by atoms with Gasteiger partial charge in [0.25, 0.3) is 0 Å². The van der Waals surface area contributed by atoms with Crippen LogP contribution in [0.15, 0.2) is 29.3 Å². The lowest BCUT2D eigenvalue weighted by atomic mass is 10.0. The molecule has 0 radical (unpaired) electrons. The summed E-state index contributed by atoms with van der Waals surface area (Å²) in [5.41, 5.74) is 7.25. The summed E-state index contributed by atoms with van der Waals surface area (Å²) in [6.45, 7) is 1.57. The van der Waals surface area contributed by atoms with Crippen LogP contribution in [0.2, 0.25) is 0 Å². The van der Waals surface area contributed by atoms with E-state index >= 15 is 0 Å². The average molecular weight is 305 g/mol. The molecule has 2 unspecified atom stereocenters. The predicted octanol–water partition coefficient (Wildman–Crippen LogP) is 2.56. The SMILES string of the molecule is NC(=NCC1CCCSC1)NC1CCOc2ccccc21. The molecule has 0 spiro atoms. The summed E-state index contributed by atoms with van der Waals surface area (Å²) < 4.78 is 5.67. The van der Waals surface area contributed by atoms with Crippen molar-refractivity contribution in [3.63, 3.8) is 0 Å². The van der Waals surface area contributed by atoms with Crippen molar-refractivity contribution in [3.8, 4) is 5.75 Å². The maximum atomic E-state index is 6.07. The number of guanidine groups is 1. The molecular formula is C16H23N3OS. The Hall–Kier alpha value is -1.36. The van der Waals surface area contributed by atoms with Crippen molar-refractivity contribution >= 4 is 17.7 Å². The number of aliphatic imine (C=N–C) groups is 1. The van der Waals surface area contributed by atoms with Crippen LogP contribution in [0.3, 0.4) is 0 Å². The molecule has 2 heterocycles. The zero-order valence-corrected chi connectivity index (χ0v) is 13.1. The molecule has 1 aromatic carbocycles. The van der Waals surface area contributed by atoms with Gasteiger partial charge >= 0.3 is 0 Å². The highest BCUT2D eigenvalue weighted by atomic mass is 32.2. The molecule has 1 saturated heterocycles. The number of thioether (sulfide) groups is 1. The van der Waals surface area contributed by atoms with Crippen molar-refractivity contribution in [2.75, 3.05) is 24.7 Å². The van der Waals surface area contributed by atoms with Gasteiger partial charge in [-0.1, -0.05) is 18.2 Å². The van der Waals surface area contributed by atoms with Crippen LogP contribution in [0.5, 0.6) is 5.75 Å². The molecule has 3 rings (SSSR count). The van der Waals surface area contributed by atoms with Gasteiger partial charge in [0.15, 0.2) is 5.96 Å². The molecule has 0 amide bonds. The predicted molar refractivity (Wildman–Crippen MR) is 89.0 cm³/mol. The van der Waals surface area contributed by atoms with Crippen molar-refractivity contribution in [2.45, 2.75) is 25.3 Å². The number of nitrogens with two attached hydrogens (primary N) is 1. The van der Waals surface area contributed by atoms with Gasteiger partial charge in [0.05, 0.1) is 12.6 Å². The Kier molecular flexibility index (Phi) is 4.91. The van der Waals surface area contributed by atoms with Crippen molar-refractivity contribution in [3.05, 3.63) is 29.8 Å². The fourth-order valence-electron chi connectivity index (χ4n) is 2.90. The molecule has 2 atom stereocenters. The summed E-state index contributed by atoms with van der Waals surface area (Å²) >= 11 is 2.03. The van der Waals surface area contributed by atoms with Crippen molar-refractivity contribution < 1.29 is 4.74 Å². The molecule has 2 aliphatic heterocycles. The second-order valence-electron chi connectivity index (χ2n) is 5.68. The van der Waals surface area contributed by atoms with Crippen LogP contribution in [-0.4, -0.2) is 30.6 Å². The number of hydrogen-bond donors (Lipinski definition) is 2. The first-order chi connectivity index (χ1) is 10.3. The van der Waals surface area contributed by atoms with Crippen LogP contribution < -0.4 is 15.8 Å². The zero-order valence-electron chi connectivity index (χ0n) is 12.3. The summed E-state index contributed by atoms with van der Waals surface area (Å²) in [4.78, 5) is 4.54. The minimum absolute atomic E-state index is 0.208. The minimum Gasteiger partial charge on any atom is -0.493 e. The summed E-state index contributed by atoms with van der Waals surface area (Å²) in [5.74, 6) is 4.72. The quantitative estimate of drug-likeness (QED) is 0.665. The molecular weight excluding hydrogens is 282 g/mol. The van der Waals surface area contributed by atoms with Gasteiger partial charge in [-0.25, -0.2) is 0 Å². The molecule has 0 aromatic heterocycles. The lowest BCUT2D eigenvalue weighted by Gasteiger charge is -2.27. The summed E-state index contributed by atoms with van der Waals surface area (Å²) in [6.07, 6.45) is 3.52. The lowest BCUT2D eigenvalue weighted by molar-refractivity contribution is 0.262. The van der Waals surface area contributed by atoms with E-state index in [0.717, 1.165) is 25.3 Å². The third-order valence-corrected chi connectivity index (χ3v) is 5.34. The molecule has 0 aliphatic carbocycles. The van der Waals surface area contributed by atoms with Crippen LogP contribution >= 0.6 is 11.8 Å². The van der Waals surface area contributed by atoms with Crippen molar-refractivity contribution in [1.82, 2.24) is 5.32 Å². The topological polar surface area (TPSA) is 59.6 Å². The van der Waals surface area contributed by atoms with Crippen LogP contribution in [-0.2, 0) is 0 Å². The highest BCUT2D eigenvalue weighted by Crippen LogP contribution is 2.31. The summed E-state index contributed by atoms with van der Waals surface area (Å²) in [7, 11) is 0. The smallest absolute Gasteiger partial charge is 0.189 e. The van der Waals surface area contributed by atoms with E-state index in [1.807, 2.05) is 30.0 Å². The Labute approximate surface area is 130 Å². The van der Waals surface area contributed by atoms with E-state index in [1.54, 1.807) is 0 Å². The van der Waals surface area contributed by atoms with E-state index in [-0.39, 0.29) is 6.04 Å². The molecule has 114 valence electrons. The van der Waals surface area contributed by atoms with E-state index in [0.29, 0.717) is 11.9 Å². The largest absolute Gasteiger partial charge is 0.493 e. The van der Waals surface area contributed by atoms with Gasteiger partial charge in [0.1, 0.15) is 5.75 Å². The van der Waals surface area contributed by atoms with E-state index in [1.165, 1.54) is 29.9 Å². The maximum Gasteiger partial charge on any atom is 0.189 e. The van der Waals surface area contributed by atoms with Crippen molar-refractivity contribution in [1.29, 1.82) is 0 Å². The van der Waals surface area contributed by atoms with E-state index in [2.05, 4.69) is 16.4 Å². The molecule has 1 aromatic rings. The maximum absolute atomic E-state index is 6.07. The number of benzene rings is 1. The number of nitrogens with zero attached hydrogens (tertiary/aromatic N) is 1. The second kappa shape index (κ2) is 7.07. The lowest BCUT2D eigenvalue weighted by Crippen LogP contribution is -2.37. The van der Waals surface area contributed by atoms with Gasteiger partial charge in [-0.05, 0) is 36.3 Å². The number of ether oxygens (including phenoxy) is 1. The molecule has 3 N–H and O–H groups in total. The zero-order chi connectivity index (χ0) is 14.5. The molecule has 2 aliphatic rings. The Bertz CT molecular complexity index is 500. The van der Waals surface area contributed by atoms with E-state index < -0.39 is 0 Å². The molecule has 1 fully saturated rings. The van der Waals surface area contributed by atoms with E-state index in [9.17, 15) is 0 Å². The third-order valence-electron chi connectivity index (χ3n) is 4.06. The number of nitrogens with one attached hydrogen (secondary N) is 1. The van der Waals surface area contributed by atoms with Crippen LogP contribution in [0.1, 0.15) is 30.9 Å². The first kappa shape index (κ1) is 14.6. The number of rotatable bonds is 3. The van der Waals surface area contributed by atoms with Gasteiger partial charge in [0, 0.05) is 18.5 Å². The number of fused-ring (bicyclic) bond motifs is 1.